The molecule has 3 nitrogen and oxygen atoms in total. The molecule has 182 valence electrons. The predicted octanol–water partition coefficient (Wildman–Crippen LogP) is 10.4. The van der Waals surface area contributed by atoms with E-state index in [4.69, 9.17) is 14.4 Å². The van der Waals surface area contributed by atoms with E-state index in [1.54, 1.807) is 0 Å². The van der Waals surface area contributed by atoms with Gasteiger partial charge in [0.25, 0.3) is 0 Å². The Morgan fingerprint density at radius 2 is 1.10 bits per heavy atom. The number of nitrogens with zero attached hydrogens (tertiary/aromatic N) is 2. The van der Waals surface area contributed by atoms with Crippen molar-refractivity contribution in [1.82, 2.24) is 9.97 Å². The fraction of sp³-hybridized carbons (Fsp3) is 0. The zero-order valence-corrected chi connectivity index (χ0v) is 22.1. The van der Waals surface area contributed by atoms with Gasteiger partial charge in [-0.2, -0.15) is 0 Å². The summed E-state index contributed by atoms with van der Waals surface area (Å²) in [6, 6.07) is 34.1. The summed E-state index contributed by atoms with van der Waals surface area (Å²) < 4.78 is 11.2. The lowest BCUT2D eigenvalue weighted by Gasteiger charge is -2.03. The summed E-state index contributed by atoms with van der Waals surface area (Å²) in [7, 11) is 0. The quantitative estimate of drug-likeness (QED) is 0.221. The average Bonchev–Trinajstić information content (AvgIpc) is 3.67. The number of para-hydroxylation sites is 1. The van der Waals surface area contributed by atoms with Crippen LogP contribution < -0.4 is 0 Å². The first-order valence-corrected chi connectivity index (χ1v) is 14.4. The Bertz CT molecular complexity index is 2240. The normalized spacial score (nSPS) is 12.1. The van der Waals surface area contributed by atoms with Crippen molar-refractivity contribution in [2.75, 3.05) is 0 Å². The van der Waals surface area contributed by atoms with Crippen molar-refractivity contribution in [1.29, 1.82) is 0 Å². The van der Waals surface area contributed by atoms with Gasteiger partial charge in [-0.25, -0.2) is 0 Å². The van der Waals surface area contributed by atoms with E-state index in [1.165, 1.54) is 45.9 Å². The predicted molar refractivity (Wildman–Crippen MR) is 166 cm³/mol. The standard InChI is InChI=1S/C34H18N2OS2/c1-3-13-29-19(7-1)25-17-35-27(15-30(25)37-29)23-11-5-9-21-22-10-6-12-24(34(22)39-33(21)23)28-16-32-26(18-36-28)20-8-2-4-14-31(20)38-32/h1-18H. The maximum atomic E-state index is 6.18. The highest BCUT2D eigenvalue weighted by Gasteiger charge is 2.17. The van der Waals surface area contributed by atoms with Crippen molar-refractivity contribution in [2.24, 2.45) is 0 Å². The summed E-state index contributed by atoms with van der Waals surface area (Å²) >= 11 is 3.65. The third-order valence-corrected chi connectivity index (χ3v) is 10.0. The van der Waals surface area contributed by atoms with Crippen molar-refractivity contribution in [3.8, 4) is 22.5 Å². The molecule has 0 aliphatic heterocycles. The van der Waals surface area contributed by atoms with Crippen LogP contribution in [0.1, 0.15) is 0 Å². The fourth-order valence-corrected chi connectivity index (χ4v) is 8.22. The van der Waals surface area contributed by atoms with E-state index >= 15 is 0 Å². The molecule has 0 aliphatic rings. The minimum absolute atomic E-state index is 0.862. The van der Waals surface area contributed by atoms with Crippen molar-refractivity contribution >= 4 is 85.0 Å². The zero-order valence-electron chi connectivity index (χ0n) is 20.5. The summed E-state index contributed by atoms with van der Waals surface area (Å²) in [4.78, 5) is 9.83. The molecule has 9 rings (SSSR count). The first-order valence-electron chi connectivity index (χ1n) is 12.8. The Balaban J connectivity index is 1.25. The number of hydrogen-bond acceptors (Lipinski definition) is 5. The van der Waals surface area contributed by atoms with E-state index in [-0.39, 0.29) is 0 Å². The molecule has 0 fully saturated rings. The van der Waals surface area contributed by atoms with E-state index in [1.807, 2.05) is 53.3 Å². The van der Waals surface area contributed by atoms with Crippen LogP contribution in [-0.2, 0) is 0 Å². The molecule has 39 heavy (non-hydrogen) atoms. The van der Waals surface area contributed by atoms with Gasteiger partial charge in [-0.1, -0.05) is 72.8 Å². The molecule has 0 atom stereocenters. The zero-order chi connectivity index (χ0) is 25.5. The number of hydrogen-bond donors (Lipinski definition) is 0. The molecule has 9 aromatic rings. The maximum absolute atomic E-state index is 6.18. The first-order chi connectivity index (χ1) is 19.3. The Kier molecular flexibility index (Phi) is 4.36. The summed E-state index contributed by atoms with van der Waals surface area (Å²) in [5.41, 5.74) is 5.97. The molecule has 0 unspecified atom stereocenters. The van der Waals surface area contributed by atoms with E-state index < -0.39 is 0 Å². The Morgan fingerprint density at radius 3 is 1.90 bits per heavy atom. The van der Waals surface area contributed by atoms with Crippen LogP contribution in [0.3, 0.4) is 0 Å². The minimum atomic E-state index is 0.862. The molecule has 0 saturated carbocycles. The third-order valence-electron chi connectivity index (χ3n) is 7.60. The van der Waals surface area contributed by atoms with Gasteiger partial charge in [0, 0.05) is 80.7 Å². The number of thiophene rings is 2. The van der Waals surface area contributed by atoms with E-state index in [2.05, 4.69) is 78.9 Å². The van der Waals surface area contributed by atoms with Gasteiger partial charge in [-0.05, 0) is 18.2 Å². The fourth-order valence-electron chi connectivity index (χ4n) is 5.76. The first kappa shape index (κ1) is 21.4. The molecular formula is C34H18N2OS2. The van der Waals surface area contributed by atoms with E-state index in [9.17, 15) is 0 Å². The third kappa shape index (κ3) is 3.08. The SMILES string of the molecule is c1ccc2c(c1)oc1cc(-c3cccc4c3sc3c(-c5cc6sc7ccccc7c6cn5)cccc34)ncc12. The average molecular weight is 535 g/mol. The molecule has 5 heteroatoms. The Hall–Kier alpha value is -4.58. The number of rotatable bonds is 2. The summed E-state index contributed by atoms with van der Waals surface area (Å²) in [5.74, 6) is 0. The summed E-state index contributed by atoms with van der Waals surface area (Å²) in [6.07, 6.45) is 3.98. The van der Waals surface area contributed by atoms with Gasteiger partial charge in [0.1, 0.15) is 11.2 Å². The second kappa shape index (κ2) is 7.96. The van der Waals surface area contributed by atoms with Crippen LogP contribution in [0.25, 0.3) is 84.8 Å². The second-order valence-electron chi connectivity index (χ2n) is 9.79. The molecule has 5 heterocycles. The molecular weight excluding hydrogens is 517 g/mol. The van der Waals surface area contributed by atoms with Crippen LogP contribution >= 0.6 is 22.7 Å². The highest BCUT2D eigenvalue weighted by atomic mass is 32.1. The van der Waals surface area contributed by atoms with Gasteiger partial charge in [0.2, 0.25) is 0 Å². The van der Waals surface area contributed by atoms with Crippen molar-refractivity contribution < 1.29 is 4.42 Å². The molecule has 4 aromatic carbocycles. The number of benzene rings is 4. The van der Waals surface area contributed by atoms with Crippen LogP contribution in [-0.4, -0.2) is 9.97 Å². The highest BCUT2D eigenvalue weighted by Crippen LogP contribution is 2.44. The van der Waals surface area contributed by atoms with Gasteiger partial charge >= 0.3 is 0 Å². The molecule has 5 aromatic heterocycles. The monoisotopic (exact) mass is 534 g/mol. The lowest BCUT2D eigenvalue weighted by atomic mass is 10.0. The molecule has 0 bridgehead atoms. The second-order valence-corrected chi connectivity index (χ2v) is 11.9. The van der Waals surface area contributed by atoms with E-state index in [0.717, 1.165) is 38.9 Å². The van der Waals surface area contributed by atoms with Gasteiger partial charge in [-0.3, -0.25) is 9.97 Å². The molecule has 0 radical (unpaired) electrons. The van der Waals surface area contributed by atoms with Crippen molar-refractivity contribution in [3.63, 3.8) is 0 Å². The van der Waals surface area contributed by atoms with Crippen LogP contribution in [0.2, 0.25) is 0 Å². The number of furan rings is 1. The topological polar surface area (TPSA) is 38.9 Å². The van der Waals surface area contributed by atoms with Crippen molar-refractivity contribution in [2.45, 2.75) is 0 Å². The van der Waals surface area contributed by atoms with Crippen LogP contribution in [0.4, 0.5) is 0 Å². The number of pyridine rings is 2. The largest absolute Gasteiger partial charge is 0.456 e. The minimum Gasteiger partial charge on any atom is -0.456 e. The molecule has 0 amide bonds. The Labute approximate surface area is 230 Å². The van der Waals surface area contributed by atoms with Crippen LogP contribution in [0.5, 0.6) is 0 Å². The van der Waals surface area contributed by atoms with Crippen molar-refractivity contribution in [3.05, 3.63) is 109 Å². The van der Waals surface area contributed by atoms with E-state index in [0.29, 0.717) is 0 Å². The molecule has 0 spiro atoms. The molecule has 0 aliphatic carbocycles. The maximum Gasteiger partial charge on any atom is 0.139 e. The number of aromatic nitrogens is 2. The lowest BCUT2D eigenvalue weighted by Crippen LogP contribution is -1.83. The van der Waals surface area contributed by atoms with Gasteiger partial charge in [-0.15, -0.1) is 22.7 Å². The highest BCUT2D eigenvalue weighted by molar-refractivity contribution is 7.27. The lowest BCUT2D eigenvalue weighted by molar-refractivity contribution is 0.668. The smallest absolute Gasteiger partial charge is 0.139 e. The van der Waals surface area contributed by atoms with Crippen LogP contribution in [0.15, 0.2) is 114 Å². The van der Waals surface area contributed by atoms with Gasteiger partial charge in [0.05, 0.1) is 11.4 Å². The molecule has 0 N–H and O–H groups in total. The summed E-state index contributed by atoms with van der Waals surface area (Å²) in [6.45, 7) is 0. The molecule has 0 saturated heterocycles. The van der Waals surface area contributed by atoms with Gasteiger partial charge < -0.3 is 4.42 Å². The van der Waals surface area contributed by atoms with Gasteiger partial charge in [0.15, 0.2) is 0 Å². The summed E-state index contributed by atoms with van der Waals surface area (Å²) in [5, 5.41) is 7.12. The Morgan fingerprint density at radius 1 is 0.462 bits per heavy atom. The number of fused-ring (bicyclic) bond motifs is 9. The van der Waals surface area contributed by atoms with Crippen LogP contribution in [0, 0.1) is 0 Å².